The van der Waals surface area contributed by atoms with Gasteiger partial charge in [-0.3, -0.25) is 9.71 Å². The average Bonchev–Trinajstić information content (AvgIpc) is 2.38. The monoisotopic (exact) mass is 345 g/mol. The number of anilines is 1. The summed E-state index contributed by atoms with van der Waals surface area (Å²) in [5.74, 6) is 0. The number of nitrogens with zero attached hydrogens (tertiary/aromatic N) is 2. The predicted octanol–water partition coefficient (Wildman–Crippen LogP) is 2.55. The lowest BCUT2D eigenvalue weighted by Gasteiger charge is -2.07. The molecule has 2 aromatic rings. The van der Waals surface area contributed by atoms with Crippen LogP contribution >= 0.6 is 11.6 Å². The van der Waals surface area contributed by atoms with E-state index in [1.807, 2.05) is 0 Å². The van der Waals surface area contributed by atoms with Gasteiger partial charge in [0.2, 0.25) is 0 Å². The molecule has 2 rings (SSSR count). The van der Waals surface area contributed by atoms with Crippen molar-refractivity contribution in [3.05, 3.63) is 53.8 Å². The van der Waals surface area contributed by atoms with Crippen molar-refractivity contribution < 1.29 is 12.6 Å². The number of aromatic nitrogens is 1. The maximum Gasteiger partial charge on any atom is 0.350 e. The SMILES string of the molecule is CS(=O)(=NS(=O)(=O)Nc1cncc(Cl)c1)c1ccccc1. The van der Waals surface area contributed by atoms with Gasteiger partial charge in [0.05, 0.1) is 26.6 Å². The molecule has 0 bridgehead atoms. The van der Waals surface area contributed by atoms with Crippen LogP contribution in [0.25, 0.3) is 0 Å². The molecular formula is C12H12ClN3O3S2. The first-order valence-corrected chi connectivity index (χ1v) is 9.44. The Bertz CT molecular complexity index is 860. The molecule has 0 aliphatic carbocycles. The van der Waals surface area contributed by atoms with Crippen LogP contribution in [0.3, 0.4) is 0 Å². The highest BCUT2D eigenvalue weighted by Gasteiger charge is 2.14. The molecule has 0 radical (unpaired) electrons. The largest absolute Gasteiger partial charge is 0.350 e. The maximum absolute atomic E-state index is 12.4. The van der Waals surface area contributed by atoms with E-state index in [2.05, 4.69) is 13.5 Å². The van der Waals surface area contributed by atoms with E-state index in [4.69, 9.17) is 11.6 Å². The smallest absolute Gasteiger partial charge is 0.263 e. The van der Waals surface area contributed by atoms with Crippen LogP contribution in [0.4, 0.5) is 5.69 Å². The van der Waals surface area contributed by atoms with E-state index in [9.17, 15) is 12.6 Å². The molecule has 0 aliphatic rings. The molecule has 1 atom stereocenters. The number of hydrogen-bond donors (Lipinski definition) is 1. The lowest BCUT2D eigenvalue weighted by molar-refractivity contribution is 0.603. The molecule has 0 fully saturated rings. The molecule has 0 saturated carbocycles. The summed E-state index contributed by atoms with van der Waals surface area (Å²) in [7, 11) is -7.23. The van der Waals surface area contributed by atoms with E-state index < -0.39 is 19.9 Å². The van der Waals surface area contributed by atoms with Crippen LogP contribution < -0.4 is 4.72 Å². The first-order chi connectivity index (χ1) is 9.78. The molecule has 0 saturated heterocycles. The predicted molar refractivity (Wildman–Crippen MR) is 83.0 cm³/mol. The van der Waals surface area contributed by atoms with Gasteiger partial charge in [-0.15, -0.1) is 0 Å². The second-order valence-corrected chi connectivity index (χ2v) is 8.42. The van der Waals surface area contributed by atoms with E-state index >= 15 is 0 Å². The van der Waals surface area contributed by atoms with Crippen molar-refractivity contribution in [2.75, 3.05) is 11.0 Å². The van der Waals surface area contributed by atoms with E-state index in [0.29, 0.717) is 4.90 Å². The molecule has 1 aromatic carbocycles. The molecule has 6 nitrogen and oxygen atoms in total. The molecule has 0 spiro atoms. The second-order valence-electron chi connectivity index (χ2n) is 4.16. The first kappa shape index (κ1) is 15.7. The van der Waals surface area contributed by atoms with Crippen molar-refractivity contribution >= 4 is 37.2 Å². The topological polar surface area (TPSA) is 88.5 Å². The molecule has 112 valence electrons. The van der Waals surface area contributed by atoms with Crippen molar-refractivity contribution in [3.8, 4) is 0 Å². The highest BCUT2D eigenvalue weighted by atomic mass is 35.5. The summed E-state index contributed by atoms with van der Waals surface area (Å²) < 4.78 is 42.0. The quantitative estimate of drug-likeness (QED) is 0.922. The van der Waals surface area contributed by atoms with Crippen LogP contribution in [-0.4, -0.2) is 23.9 Å². The van der Waals surface area contributed by atoms with Crippen LogP contribution in [0.2, 0.25) is 5.02 Å². The molecule has 0 aliphatic heterocycles. The van der Waals surface area contributed by atoms with Gasteiger partial charge in [0.1, 0.15) is 0 Å². The third-order valence-corrected chi connectivity index (χ3v) is 6.14. The van der Waals surface area contributed by atoms with Crippen molar-refractivity contribution in [2.45, 2.75) is 4.90 Å². The van der Waals surface area contributed by atoms with Crippen LogP contribution in [0.1, 0.15) is 0 Å². The molecule has 1 unspecified atom stereocenters. The summed E-state index contributed by atoms with van der Waals surface area (Å²) >= 11 is 5.72. The minimum absolute atomic E-state index is 0.148. The fraction of sp³-hybridized carbons (Fsp3) is 0.0833. The Morgan fingerprint density at radius 2 is 1.81 bits per heavy atom. The summed E-state index contributed by atoms with van der Waals surface area (Å²) in [4.78, 5) is 4.08. The first-order valence-electron chi connectivity index (χ1n) is 5.70. The molecule has 1 aromatic heterocycles. The Hall–Kier alpha value is -1.64. The highest BCUT2D eigenvalue weighted by molar-refractivity contribution is 8.03. The van der Waals surface area contributed by atoms with Crippen molar-refractivity contribution in [1.82, 2.24) is 4.98 Å². The van der Waals surface area contributed by atoms with Gasteiger partial charge in [-0.1, -0.05) is 33.6 Å². The Kier molecular flexibility index (Phi) is 4.50. The number of pyridine rings is 1. The standard InChI is InChI=1S/C12H12ClN3O3S2/c1-20(17,12-5-3-2-4-6-12)16-21(18,19)15-11-7-10(13)8-14-9-11/h2-9,15H,1H3. The van der Waals surface area contributed by atoms with Gasteiger partial charge in [-0.05, 0) is 18.2 Å². The third kappa shape index (κ3) is 4.42. The summed E-state index contributed by atoms with van der Waals surface area (Å²) in [5.41, 5.74) is 0.148. The summed E-state index contributed by atoms with van der Waals surface area (Å²) in [5, 5.41) is 0.274. The zero-order valence-corrected chi connectivity index (χ0v) is 13.3. The van der Waals surface area contributed by atoms with E-state index in [0.717, 1.165) is 0 Å². The second kappa shape index (κ2) is 6.00. The van der Waals surface area contributed by atoms with Crippen LogP contribution in [0, 0.1) is 0 Å². The maximum atomic E-state index is 12.4. The molecule has 1 N–H and O–H groups in total. The van der Waals surface area contributed by atoms with Crippen LogP contribution in [0.15, 0.2) is 57.5 Å². The molecule has 9 heteroatoms. The Morgan fingerprint density at radius 3 is 2.43 bits per heavy atom. The van der Waals surface area contributed by atoms with Crippen molar-refractivity contribution in [1.29, 1.82) is 0 Å². The average molecular weight is 346 g/mol. The number of benzene rings is 1. The Morgan fingerprint density at radius 1 is 1.14 bits per heavy atom. The fourth-order valence-corrected chi connectivity index (χ4v) is 4.78. The van der Waals surface area contributed by atoms with E-state index in [1.54, 1.807) is 30.3 Å². The van der Waals surface area contributed by atoms with Crippen LogP contribution in [0.5, 0.6) is 0 Å². The number of hydrogen-bond acceptors (Lipinski definition) is 4. The van der Waals surface area contributed by atoms with Gasteiger partial charge in [-0.25, -0.2) is 4.21 Å². The summed E-state index contributed by atoms with van der Waals surface area (Å²) in [6.45, 7) is 0. The fourth-order valence-electron chi connectivity index (χ4n) is 1.54. The van der Waals surface area contributed by atoms with Gasteiger partial charge in [-0.2, -0.15) is 8.42 Å². The number of nitrogens with one attached hydrogen (secondary N) is 1. The zero-order valence-electron chi connectivity index (χ0n) is 10.9. The molecule has 0 amide bonds. The van der Waals surface area contributed by atoms with Gasteiger partial charge in [0.15, 0.2) is 0 Å². The van der Waals surface area contributed by atoms with Crippen molar-refractivity contribution in [3.63, 3.8) is 0 Å². The minimum atomic E-state index is -4.16. The lowest BCUT2D eigenvalue weighted by atomic mass is 10.4. The van der Waals surface area contributed by atoms with Gasteiger partial charge in [0.25, 0.3) is 0 Å². The highest BCUT2D eigenvalue weighted by Crippen LogP contribution is 2.17. The number of rotatable bonds is 4. The van der Waals surface area contributed by atoms with Crippen LogP contribution in [-0.2, 0) is 19.9 Å². The summed E-state index contributed by atoms with van der Waals surface area (Å²) in [6, 6.07) is 9.56. The summed E-state index contributed by atoms with van der Waals surface area (Å²) in [6.07, 6.45) is 3.90. The Labute approximate surface area is 128 Å². The Balaban J connectivity index is 2.37. The molecule has 21 heavy (non-hydrogen) atoms. The van der Waals surface area contributed by atoms with Gasteiger partial charge >= 0.3 is 10.2 Å². The molecule has 1 heterocycles. The normalized spacial score (nSPS) is 14.2. The third-order valence-electron chi connectivity index (χ3n) is 2.37. The lowest BCUT2D eigenvalue weighted by Crippen LogP contribution is -2.12. The van der Waals surface area contributed by atoms with E-state index in [-0.39, 0.29) is 10.7 Å². The van der Waals surface area contributed by atoms with Gasteiger partial charge < -0.3 is 0 Å². The van der Waals surface area contributed by atoms with E-state index in [1.165, 1.54) is 24.7 Å². The van der Waals surface area contributed by atoms with Gasteiger partial charge in [0, 0.05) is 17.3 Å². The minimum Gasteiger partial charge on any atom is -0.263 e. The zero-order chi connectivity index (χ0) is 15.5. The number of halogens is 1. The molecular weight excluding hydrogens is 334 g/mol. The van der Waals surface area contributed by atoms with Crippen molar-refractivity contribution in [2.24, 2.45) is 3.77 Å².